The summed E-state index contributed by atoms with van der Waals surface area (Å²) in [7, 11) is 0. The third-order valence-electron chi connectivity index (χ3n) is 2.02. The highest BCUT2D eigenvalue weighted by Gasteiger charge is 2.03. The van der Waals surface area contributed by atoms with Gasteiger partial charge in [-0.25, -0.2) is 4.39 Å². The molecule has 0 fully saturated rings. The number of aromatic nitrogens is 2. The minimum absolute atomic E-state index is 0.241. The van der Waals surface area contributed by atoms with Crippen LogP contribution in [0.2, 0.25) is 0 Å². The van der Waals surface area contributed by atoms with Crippen LogP contribution in [0.25, 0.3) is 0 Å². The van der Waals surface area contributed by atoms with E-state index < -0.39 is 0 Å². The number of hydrogen-bond donors (Lipinski definition) is 1. The monoisotopic (exact) mass is 285 g/mol. The molecule has 16 heavy (non-hydrogen) atoms. The van der Waals surface area contributed by atoms with Crippen LogP contribution in [0.4, 0.5) is 4.39 Å². The highest BCUT2D eigenvalue weighted by atomic mass is 79.9. The standard InChI is InChI=1S/C10H9BrFN3O/c11-8-2-1-7(9(12)3-8)4-13-5-10-14-6-16-15-10/h1-3,6,13H,4-5H2. The van der Waals surface area contributed by atoms with Gasteiger partial charge in [-0.3, -0.25) is 0 Å². The molecule has 0 saturated carbocycles. The largest absolute Gasteiger partial charge is 0.343 e. The fraction of sp³-hybridized carbons (Fsp3) is 0.200. The molecule has 0 aliphatic heterocycles. The minimum atomic E-state index is -0.241. The first-order valence-electron chi connectivity index (χ1n) is 4.65. The Bertz CT molecular complexity index is 461. The molecule has 2 aromatic rings. The van der Waals surface area contributed by atoms with Gasteiger partial charge in [-0.1, -0.05) is 27.2 Å². The van der Waals surface area contributed by atoms with Crippen molar-refractivity contribution in [1.29, 1.82) is 0 Å². The average Bonchev–Trinajstić information content (AvgIpc) is 2.74. The zero-order chi connectivity index (χ0) is 11.4. The Labute approximate surface area is 100.0 Å². The van der Waals surface area contributed by atoms with E-state index in [2.05, 4.69) is 35.9 Å². The van der Waals surface area contributed by atoms with E-state index >= 15 is 0 Å². The van der Waals surface area contributed by atoms with Crippen molar-refractivity contribution in [1.82, 2.24) is 15.5 Å². The maximum atomic E-state index is 13.4. The van der Waals surface area contributed by atoms with E-state index in [-0.39, 0.29) is 5.82 Å². The first-order valence-corrected chi connectivity index (χ1v) is 5.45. The molecular weight excluding hydrogens is 277 g/mol. The lowest BCUT2D eigenvalue weighted by Gasteiger charge is -2.04. The second-order valence-electron chi connectivity index (χ2n) is 3.19. The smallest absolute Gasteiger partial charge is 0.213 e. The van der Waals surface area contributed by atoms with Crippen LogP contribution < -0.4 is 5.32 Å². The van der Waals surface area contributed by atoms with E-state index in [0.717, 1.165) is 4.47 Å². The van der Waals surface area contributed by atoms with Crippen molar-refractivity contribution in [3.05, 3.63) is 46.3 Å². The second kappa shape index (κ2) is 5.18. The van der Waals surface area contributed by atoms with Crippen LogP contribution in [0.1, 0.15) is 11.4 Å². The predicted octanol–water partition coefficient (Wildman–Crippen LogP) is 2.26. The summed E-state index contributed by atoms with van der Waals surface area (Å²) in [6, 6.07) is 4.96. The van der Waals surface area contributed by atoms with Crippen LogP contribution in [0.3, 0.4) is 0 Å². The van der Waals surface area contributed by atoms with Crippen molar-refractivity contribution in [2.24, 2.45) is 0 Å². The van der Waals surface area contributed by atoms with Crippen LogP contribution >= 0.6 is 15.9 Å². The summed E-state index contributed by atoms with van der Waals surface area (Å²) >= 11 is 3.20. The molecular formula is C10H9BrFN3O. The molecule has 1 aromatic carbocycles. The fourth-order valence-corrected chi connectivity index (χ4v) is 1.58. The van der Waals surface area contributed by atoms with Crippen LogP contribution in [0, 0.1) is 5.82 Å². The number of benzene rings is 1. The van der Waals surface area contributed by atoms with Gasteiger partial charge in [-0.05, 0) is 12.1 Å². The third-order valence-corrected chi connectivity index (χ3v) is 2.51. The van der Waals surface area contributed by atoms with Gasteiger partial charge in [0.05, 0.1) is 6.54 Å². The van der Waals surface area contributed by atoms with Crippen molar-refractivity contribution in [2.45, 2.75) is 13.1 Å². The normalized spacial score (nSPS) is 10.6. The summed E-state index contributed by atoms with van der Waals surface area (Å²) < 4.78 is 18.7. The van der Waals surface area contributed by atoms with E-state index in [9.17, 15) is 4.39 Å². The Balaban J connectivity index is 1.90. The van der Waals surface area contributed by atoms with Crippen molar-refractivity contribution < 1.29 is 8.91 Å². The van der Waals surface area contributed by atoms with Gasteiger partial charge in [0.25, 0.3) is 0 Å². The lowest BCUT2D eigenvalue weighted by Crippen LogP contribution is -2.14. The summed E-state index contributed by atoms with van der Waals surface area (Å²) in [6.45, 7) is 0.875. The summed E-state index contributed by atoms with van der Waals surface area (Å²) in [5.41, 5.74) is 0.603. The molecule has 1 N–H and O–H groups in total. The molecule has 0 saturated heterocycles. The van der Waals surface area contributed by atoms with Gasteiger partial charge in [0, 0.05) is 16.6 Å². The zero-order valence-electron chi connectivity index (χ0n) is 8.28. The third kappa shape index (κ3) is 2.86. The molecule has 0 aliphatic rings. The first-order chi connectivity index (χ1) is 7.75. The molecule has 2 rings (SSSR count). The van der Waals surface area contributed by atoms with Gasteiger partial charge >= 0.3 is 0 Å². The Morgan fingerprint density at radius 2 is 2.25 bits per heavy atom. The van der Waals surface area contributed by atoms with Gasteiger partial charge in [0.15, 0.2) is 5.82 Å². The Hall–Kier alpha value is -1.27. The number of hydrogen-bond acceptors (Lipinski definition) is 4. The van der Waals surface area contributed by atoms with Crippen molar-refractivity contribution in [2.75, 3.05) is 0 Å². The molecule has 84 valence electrons. The molecule has 0 amide bonds. The van der Waals surface area contributed by atoms with E-state index in [1.165, 1.54) is 12.5 Å². The first kappa shape index (κ1) is 11.2. The zero-order valence-corrected chi connectivity index (χ0v) is 9.87. The topological polar surface area (TPSA) is 51.0 Å². The molecule has 1 aromatic heterocycles. The van der Waals surface area contributed by atoms with Crippen molar-refractivity contribution in [3.8, 4) is 0 Å². The van der Waals surface area contributed by atoms with E-state index in [4.69, 9.17) is 0 Å². The highest BCUT2D eigenvalue weighted by Crippen LogP contribution is 2.14. The summed E-state index contributed by atoms with van der Waals surface area (Å²) in [5.74, 6) is 0.313. The summed E-state index contributed by atoms with van der Waals surface area (Å²) in [5, 5.41) is 6.66. The van der Waals surface area contributed by atoms with Crippen LogP contribution in [0.5, 0.6) is 0 Å². The number of nitrogens with zero attached hydrogens (tertiary/aromatic N) is 2. The lowest BCUT2D eigenvalue weighted by molar-refractivity contribution is 0.407. The van der Waals surface area contributed by atoms with E-state index in [0.29, 0.717) is 24.5 Å². The van der Waals surface area contributed by atoms with Gasteiger partial charge < -0.3 is 9.84 Å². The van der Waals surface area contributed by atoms with Crippen molar-refractivity contribution >= 4 is 15.9 Å². The summed E-state index contributed by atoms with van der Waals surface area (Å²) in [4.78, 5) is 3.84. The number of rotatable bonds is 4. The Kier molecular flexibility index (Phi) is 3.63. The average molecular weight is 286 g/mol. The van der Waals surface area contributed by atoms with Crippen LogP contribution in [0.15, 0.2) is 33.6 Å². The predicted molar refractivity (Wildman–Crippen MR) is 58.9 cm³/mol. The Morgan fingerprint density at radius 1 is 1.38 bits per heavy atom. The van der Waals surface area contributed by atoms with Crippen LogP contribution in [-0.2, 0) is 13.1 Å². The SMILES string of the molecule is Fc1cc(Br)ccc1CNCc1ncon1. The number of nitrogens with one attached hydrogen (secondary N) is 1. The Morgan fingerprint density at radius 3 is 2.94 bits per heavy atom. The second-order valence-corrected chi connectivity index (χ2v) is 4.10. The molecule has 0 radical (unpaired) electrons. The van der Waals surface area contributed by atoms with Gasteiger partial charge in [0.1, 0.15) is 5.82 Å². The quantitative estimate of drug-likeness (QED) is 0.936. The molecule has 0 aliphatic carbocycles. The van der Waals surface area contributed by atoms with Crippen molar-refractivity contribution in [3.63, 3.8) is 0 Å². The molecule has 6 heteroatoms. The molecule has 4 nitrogen and oxygen atoms in total. The maximum absolute atomic E-state index is 13.4. The molecule has 0 bridgehead atoms. The fourth-order valence-electron chi connectivity index (χ4n) is 1.24. The van der Waals surface area contributed by atoms with E-state index in [1.54, 1.807) is 12.1 Å². The van der Waals surface area contributed by atoms with Crippen LogP contribution in [-0.4, -0.2) is 10.1 Å². The number of halogens is 2. The minimum Gasteiger partial charge on any atom is -0.343 e. The van der Waals surface area contributed by atoms with E-state index in [1.807, 2.05) is 0 Å². The molecule has 1 heterocycles. The molecule has 0 unspecified atom stereocenters. The van der Waals surface area contributed by atoms with Gasteiger partial charge in [0.2, 0.25) is 6.39 Å². The van der Waals surface area contributed by atoms with Gasteiger partial charge in [-0.2, -0.15) is 4.98 Å². The molecule has 0 atom stereocenters. The molecule has 0 spiro atoms. The maximum Gasteiger partial charge on any atom is 0.213 e. The highest BCUT2D eigenvalue weighted by molar-refractivity contribution is 9.10. The summed E-state index contributed by atoms with van der Waals surface area (Å²) in [6.07, 6.45) is 1.26. The van der Waals surface area contributed by atoms with Gasteiger partial charge in [-0.15, -0.1) is 0 Å². The lowest BCUT2D eigenvalue weighted by atomic mass is 10.2.